The van der Waals surface area contributed by atoms with Gasteiger partial charge in [0.15, 0.2) is 11.6 Å². The summed E-state index contributed by atoms with van der Waals surface area (Å²) in [6, 6.07) is 7.92. The van der Waals surface area contributed by atoms with Crippen molar-refractivity contribution in [1.29, 1.82) is 0 Å². The lowest BCUT2D eigenvalue weighted by Gasteiger charge is -2.10. The second kappa shape index (κ2) is 5.23. The molecule has 0 aliphatic carbocycles. The van der Waals surface area contributed by atoms with Crippen LogP contribution in [0.25, 0.3) is 0 Å². The minimum absolute atomic E-state index is 0.208. The van der Waals surface area contributed by atoms with Gasteiger partial charge in [-0.3, -0.25) is 0 Å². The summed E-state index contributed by atoms with van der Waals surface area (Å²) in [4.78, 5) is 0. The number of furan rings is 1. The highest BCUT2D eigenvalue weighted by atomic mass is 19.1. The fraction of sp³-hybridized carbons (Fsp3) is 0.286. The Morgan fingerprint density at radius 1 is 1.33 bits per heavy atom. The van der Waals surface area contributed by atoms with Crippen LogP contribution in [0.4, 0.5) is 4.39 Å². The van der Waals surface area contributed by atoms with Crippen molar-refractivity contribution in [2.45, 2.75) is 19.4 Å². The lowest BCUT2D eigenvalue weighted by atomic mass is 10.1. The minimum Gasteiger partial charge on any atom is -0.494 e. The molecule has 0 saturated heterocycles. The zero-order valence-electron chi connectivity index (χ0n) is 10.4. The molecule has 0 aliphatic rings. The Labute approximate surface area is 105 Å². The van der Waals surface area contributed by atoms with Gasteiger partial charge in [0.1, 0.15) is 11.5 Å². The molecule has 1 atom stereocenters. The van der Waals surface area contributed by atoms with Gasteiger partial charge in [-0.25, -0.2) is 4.39 Å². The molecular formula is C14H16FNO2. The normalized spacial score (nSPS) is 12.4. The zero-order valence-corrected chi connectivity index (χ0v) is 10.4. The van der Waals surface area contributed by atoms with E-state index in [0.717, 1.165) is 12.2 Å². The van der Waals surface area contributed by atoms with Gasteiger partial charge in [0.2, 0.25) is 0 Å². The summed E-state index contributed by atoms with van der Waals surface area (Å²) in [6.45, 7) is 2.00. The van der Waals surface area contributed by atoms with E-state index in [1.165, 1.54) is 13.2 Å². The monoisotopic (exact) mass is 249 g/mol. The summed E-state index contributed by atoms with van der Waals surface area (Å²) >= 11 is 0. The van der Waals surface area contributed by atoms with Crippen LogP contribution in [0, 0.1) is 5.82 Å². The molecule has 0 saturated carbocycles. The van der Waals surface area contributed by atoms with Gasteiger partial charge in [-0.05, 0) is 29.8 Å². The van der Waals surface area contributed by atoms with Crippen molar-refractivity contribution >= 4 is 0 Å². The van der Waals surface area contributed by atoms with Gasteiger partial charge in [0.05, 0.1) is 13.2 Å². The Hall–Kier alpha value is -1.81. The fourth-order valence-electron chi connectivity index (χ4n) is 1.79. The number of methoxy groups -OCH3 is 1. The summed E-state index contributed by atoms with van der Waals surface area (Å²) in [7, 11) is 1.43. The highest BCUT2D eigenvalue weighted by molar-refractivity contribution is 5.34. The number of rotatable bonds is 4. The first kappa shape index (κ1) is 12.6. The standard InChI is InChI=1S/C14H16FNO2/c1-3-10-5-7-13(18-10)14(16)9-4-6-12(17-2)11(15)8-9/h4-8,14H,3,16H2,1-2H3. The average molecular weight is 249 g/mol. The van der Waals surface area contributed by atoms with E-state index in [4.69, 9.17) is 14.9 Å². The number of ether oxygens (including phenoxy) is 1. The fourth-order valence-corrected chi connectivity index (χ4v) is 1.79. The number of nitrogens with two attached hydrogens (primary N) is 1. The highest BCUT2D eigenvalue weighted by Gasteiger charge is 2.15. The van der Waals surface area contributed by atoms with E-state index in [-0.39, 0.29) is 5.75 Å². The van der Waals surface area contributed by atoms with Crippen LogP contribution >= 0.6 is 0 Å². The van der Waals surface area contributed by atoms with Crippen molar-refractivity contribution in [1.82, 2.24) is 0 Å². The predicted molar refractivity (Wildman–Crippen MR) is 67.1 cm³/mol. The summed E-state index contributed by atoms with van der Waals surface area (Å²) in [5.41, 5.74) is 6.70. The largest absolute Gasteiger partial charge is 0.494 e. The molecule has 2 rings (SSSR count). The van der Waals surface area contributed by atoms with Crippen molar-refractivity contribution in [3.8, 4) is 5.75 Å². The molecule has 0 spiro atoms. The number of halogens is 1. The number of aryl methyl sites for hydroxylation is 1. The topological polar surface area (TPSA) is 48.4 Å². The van der Waals surface area contributed by atoms with Crippen LogP contribution in [0.15, 0.2) is 34.7 Å². The predicted octanol–water partition coefficient (Wildman–Crippen LogP) is 3.04. The van der Waals surface area contributed by atoms with Gasteiger partial charge in [0.25, 0.3) is 0 Å². The molecule has 1 aromatic heterocycles. The number of hydrogen-bond donors (Lipinski definition) is 1. The maximum absolute atomic E-state index is 13.6. The van der Waals surface area contributed by atoms with Crippen molar-refractivity contribution in [3.63, 3.8) is 0 Å². The molecule has 1 unspecified atom stereocenters. The Morgan fingerprint density at radius 3 is 2.67 bits per heavy atom. The van der Waals surface area contributed by atoms with Gasteiger partial charge in [0, 0.05) is 6.42 Å². The van der Waals surface area contributed by atoms with Crippen LogP contribution in [0.5, 0.6) is 5.75 Å². The molecule has 96 valence electrons. The Balaban J connectivity index is 2.27. The third-order valence-electron chi connectivity index (χ3n) is 2.87. The molecule has 1 heterocycles. The quantitative estimate of drug-likeness (QED) is 0.906. The van der Waals surface area contributed by atoms with Crippen LogP contribution in [0.3, 0.4) is 0 Å². The second-order valence-electron chi connectivity index (χ2n) is 4.03. The number of benzene rings is 1. The third-order valence-corrected chi connectivity index (χ3v) is 2.87. The van der Waals surface area contributed by atoms with Crippen molar-refractivity contribution in [3.05, 3.63) is 53.2 Å². The van der Waals surface area contributed by atoms with Crippen LogP contribution in [0.2, 0.25) is 0 Å². The lowest BCUT2D eigenvalue weighted by molar-refractivity contribution is 0.385. The SMILES string of the molecule is CCc1ccc(C(N)c2ccc(OC)c(F)c2)o1. The molecule has 4 heteroatoms. The molecule has 18 heavy (non-hydrogen) atoms. The highest BCUT2D eigenvalue weighted by Crippen LogP contribution is 2.26. The molecule has 2 aromatic rings. The van der Waals surface area contributed by atoms with E-state index in [0.29, 0.717) is 11.3 Å². The molecule has 0 amide bonds. The maximum Gasteiger partial charge on any atom is 0.165 e. The Bertz CT molecular complexity index is 536. The molecule has 0 fully saturated rings. The van der Waals surface area contributed by atoms with Crippen LogP contribution < -0.4 is 10.5 Å². The van der Waals surface area contributed by atoms with E-state index in [2.05, 4.69) is 0 Å². The first-order chi connectivity index (χ1) is 8.65. The van der Waals surface area contributed by atoms with E-state index in [1.807, 2.05) is 19.1 Å². The second-order valence-corrected chi connectivity index (χ2v) is 4.03. The van der Waals surface area contributed by atoms with Gasteiger partial charge in [-0.15, -0.1) is 0 Å². The minimum atomic E-state index is -0.467. The van der Waals surface area contributed by atoms with Gasteiger partial charge < -0.3 is 14.9 Å². The maximum atomic E-state index is 13.6. The number of hydrogen-bond acceptors (Lipinski definition) is 3. The average Bonchev–Trinajstić information content (AvgIpc) is 2.86. The zero-order chi connectivity index (χ0) is 13.1. The lowest BCUT2D eigenvalue weighted by Crippen LogP contribution is -2.11. The summed E-state index contributed by atoms with van der Waals surface area (Å²) in [5, 5.41) is 0. The summed E-state index contributed by atoms with van der Waals surface area (Å²) in [6.07, 6.45) is 0.809. The van der Waals surface area contributed by atoms with E-state index in [1.54, 1.807) is 12.1 Å². The van der Waals surface area contributed by atoms with Crippen molar-refractivity contribution in [2.24, 2.45) is 5.73 Å². The van der Waals surface area contributed by atoms with Crippen molar-refractivity contribution < 1.29 is 13.5 Å². The van der Waals surface area contributed by atoms with Crippen LogP contribution in [-0.2, 0) is 6.42 Å². The van der Waals surface area contributed by atoms with Gasteiger partial charge in [-0.1, -0.05) is 13.0 Å². The molecule has 2 N–H and O–H groups in total. The molecule has 3 nitrogen and oxygen atoms in total. The van der Waals surface area contributed by atoms with E-state index < -0.39 is 11.9 Å². The van der Waals surface area contributed by atoms with E-state index in [9.17, 15) is 4.39 Å². The van der Waals surface area contributed by atoms with E-state index >= 15 is 0 Å². The van der Waals surface area contributed by atoms with Gasteiger partial charge >= 0.3 is 0 Å². The summed E-state index contributed by atoms with van der Waals surface area (Å²) < 4.78 is 24.0. The Morgan fingerprint density at radius 2 is 2.11 bits per heavy atom. The van der Waals surface area contributed by atoms with Crippen LogP contribution in [0.1, 0.15) is 30.0 Å². The molecule has 0 aliphatic heterocycles. The first-order valence-electron chi connectivity index (χ1n) is 5.83. The molecule has 1 aromatic carbocycles. The van der Waals surface area contributed by atoms with Crippen LogP contribution in [-0.4, -0.2) is 7.11 Å². The Kier molecular flexibility index (Phi) is 3.67. The third kappa shape index (κ3) is 2.38. The molecular weight excluding hydrogens is 233 g/mol. The summed E-state index contributed by atoms with van der Waals surface area (Å²) in [5.74, 6) is 1.29. The van der Waals surface area contributed by atoms with Gasteiger partial charge in [-0.2, -0.15) is 0 Å². The van der Waals surface area contributed by atoms with Crippen molar-refractivity contribution in [2.75, 3.05) is 7.11 Å². The molecule has 0 bridgehead atoms. The first-order valence-corrected chi connectivity index (χ1v) is 5.83. The smallest absolute Gasteiger partial charge is 0.165 e. The molecule has 0 radical (unpaired) electrons.